The quantitative estimate of drug-likeness (QED) is 0.260. The van der Waals surface area contributed by atoms with E-state index in [9.17, 15) is 4.79 Å². The van der Waals surface area contributed by atoms with Crippen LogP contribution in [0.2, 0.25) is 0 Å². The van der Waals surface area contributed by atoms with E-state index in [-0.39, 0.29) is 29.9 Å². The van der Waals surface area contributed by atoms with E-state index in [1.807, 2.05) is 11.9 Å². The Hall–Kier alpha value is -1.57. The Morgan fingerprint density at radius 2 is 1.86 bits per heavy atom. The Labute approximate surface area is 186 Å². The maximum atomic E-state index is 11.7. The van der Waals surface area contributed by atoms with Crippen LogP contribution in [0, 0.1) is 0 Å². The van der Waals surface area contributed by atoms with Gasteiger partial charge in [0, 0.05) is 39.6 Å². The monoisotopic (exact) mass is 496 g/mol. The minimum atomic E-state index is 0. The van der Waals surface area contributed by atoms with Gasteiger partial charge in [0.1, 0.15) is 0 Å². The highest BCUT2D eigenvalue weighted by Crippen LogP contribution is 2.19. The summed E-state index contributed by atoms with van der Waals surface area (Å²) in [4.78, 5) is 18.0. The third-order valence-corrected chi connectivity index (χ3v) is 5.37. The predicted octanol–water partition coefficient (Wildman–Crippen LogP) is 3.98. The molecule has 3 rings (SSSR count). The molecule has 1 fully saturated rings. The fourth-order valence-electron chi connectivity index (χ4n) is 3.73. The number of carbonyl (C=O) groups excluding carboxylic acids is 1. The van der Waals surface area contributed by atoms with Gasteiger partial charge in [-0.25, -0.2) is 0 Å². The summed E-state index contributed by atoms with van der Waals surface area (Å²) < 4.78 is 0. The largest absolute Gasteiger partial charge is 0.356 e. The number of hydrogen-bond acceptors (Lipinski definition) is 2. The van der Waals surface area contributed by atoms with Crippen molar-refractivity contribution in [2.45, 2.75) is 58.0 Å². The van der Waals surface area contributed by atoms with Crippen molar-refractivity contribution in [2.75, 3.05) is 20.1 Å². The average molecular weight is 496 g/mol. The Kier molecular flexibility index (Phi) is 9.81. The fraction of sp³-hybridized carbons (Fsp3) is 0.545. The van der Waals surface area contributed by atoms with E-state index in [2.05, 4.69) is 46.0 Å². The Morgan fingerprint density at radius 1 is 1.07 bits per heavy atom. The molecule has 0 bridgehead atoms. The van der Waals surface area contributed by atoms with E-state index < -0.39 is 0 Å². The molecule has 1 amide bonds. The van der Waals surface area contributed by atoms with Crippen LogP contribution in [0.4, 0.5) is 0 Å². The van der Waals surface area contributed by atoms with E-state index in [1.165, 1.54) is 36.8 Å². The minimum Gasteiger partial charge on any atom is -0.356 e. The third-order valence-electron chi connectivity index (χ3n) is 5.37. The van der Waals surface area contributed by atoms with Crippen molar-refractivity contribution in [1.82, 2.24) is 15.5 Å². The number of amides is 1. The highest BCUT2D eigenvalue weighted by molar-refractivity contribution is 14.0. The number of aliphatic imine (C=N–C) groups is 1. The normalized spacial score (nSPS) is 17.2. The van der Waals surface area contributed by atoms with Crippen LogP contribution >= 0.6 is 24.0 Å². The summed E-state index contributed by atoms with van der Waals surface area (Å²) in [6, 6.07) is 8.49. The van der Waals surface area contributed by atoms with E-state index in [4.69, 9.17) is 0 Å². The predicted molar refractivity (Wildman–Crippen MR) is 126 cm³/mol. The van der Waals surface area contributed by atoms with Gasteiger partial charge >= 0.3 is 0 Å². The summed E-state index contributed by atoms with van der Waals surface area (Å²) in [5.41, 5.74) is 3.98. The molecule has 0 unspecified atom stereocenters. The number of guanidine groups is 1. The molecule has 1 aliphatic carbocycles. The van der Waals surface area contributed by atoms with Crippen molar-refractivity contribution >= 4 is 35.8 Å². The van der Waals surface area contributed by atoms with Gasteiger partial charge in [-0.3, -0.25) is 9.79 Å². The molecular formula is C22H33IN4O. The van der Waals surface area contributed by atoms with Crippen LogP contribution in [0.25, 0.3) is 0 Å². The summed E-state index contributed by atoms with van der Waals surface area (Å²) >= 11 is 0. The van der Waals surface area contributed by atoms with E-state index >= 15 is 0 Å². The van der Waals surface area contributed by atoms with Crippen molar-refractivity contribution in [3.05, 3.63) is 47.0 Å². The molecule has 5 nitrogen and oxygen atoms in total. The molecule has 1 heterocycles. The van der Waals surface area contributed by atoms with E-state index in [1.54, 1.807) is 5.57 Å². The molecule has 6 heteroatoms. The molecule has 2 aliphatic rings. The minimum absolute atomic E-state index is 0. The number of nitrogens with one attached hydrogen (secondary N) is 2. The first-order valence-electron chi connectivity index (χ1n) is 10.2. The SMILES string of the molecule is CN=C(NCCC1=CCCCC1)NCc1ccc(CN2CCCC2=O)cc1.I. The Morgan fingerprint density at radius 3 is 2.50 bits per heavy atom. The van der Waals surface area contributed by atoms with Crippen LogP contribution in [0.5, 0.6) is 0 Å². The van der Waals surface area contributed by atoms with Crippen molar-refractivity contribution in [1.29, 1.82) is 0 Å². The number of hydrogen-bond donors (Lipinski definition) is 2. The molecule has 1 aliphatic heterocycles. The number of rotatable bonds is 7. The number of benzene rings is 1. The Balaban J connectivity index is 0.00000280. The highest BCUT2D eigenvalue weighted by atomic mass is 127. The van der Waals surface area contributed by atoms with Gasteiger partial charge < -0.3 is 15.5 Å². The van der Waals surface area contributed by atoms with Crippen molar-refractivity contribution in [2.24, 2.45) is 4.99 Å². The second-order valence-corrected chi connectivity index (χ2v) is 7.45. The van der Waals surface area contributed by atoms with Gasteiger partial charge in [0.05, 0.1) is 0 Å². The molecule has 0 aromatic heterocycles. The molecule has 0 radical (unpaired) electrons. The first kappa shape index (κ1) is 22.7. The summed E-state index contributed by atoms with van der Waals surface area (Å²) in [6.07, 6.45) is 10.4. The van der Waals surface area contributed by atoms with Crippen molar-refractivity contribution in [3.63, 3.8) is 0 Å². The van der Waals surface area contributed by atoms with Gasteiger partial charge in [-0.05, 0) is 49.7 Å². The van der Waals surface area contributed by atoms with Gasteiger partial charge in [0.15, 0.2) is 5.96 Å². The average Bonchev–Trinajstić information content (AvgIpc) is 3.11. The molecule has 2 N–H and O–H groups in total. The number of allylic oxidation sites excluding steroid dienone is 1. The van der Waals surface area contributed by atoms with Crippen LogP contribution in [-0.2, 0) is 17.9 Å². The van der Waals surface area contributed by atoms with Crippen LogP contribution in [-0.4, -0.2) is 36.9 Å². The Bertz CT molecular complexity index is 684. The lowest BCUT2D eigenvalue weighted by atomic mass is 9.97. The molecule has 1 aromatic rings. The fourth-order valence-corrected chi connectivity index (χ4v) is 3.73. The zero-order chi connectivity index (χ0) is 18.9. The maximum absolute atomic E-state index is 11.7. The summed E-state index contributed by atoms with van der Waals surface area (Å²) in [5, 5.41) is 6.78. The smallest absolute Gasteiger partial charge is 0.222 e. The maximum Gasteiger partial charge on any atom is 0.222 e. The lowest BCUT2D eigenvalue weighted by Crippen LogP contribution is -2.37. The third kappa shape index (κ3) is 7.11. The lowest BCUT2D eigenvalue weighted by Gasteiger charge is -2.16. The number of nitrogens with zero attached hydrogens (tertiary/aromatic N) is 2. The van der Waals surface area contributed by atoms with Gasteiger partial charge in [-0.2, -0.15) is 0 Å². The first-order chi connectivity index (χ1) is 13.2. The van der Waals surface area contributed by atoms with E-state index in [0.717, 1.165) is 45.0 Å². The van der Waals surface area contributed by atoms with Crippen molar-refractivity contribution in [3.8, 4) is 0 Å². The molecule has 0 saturated carbocycles. The molecule has 1 saturated heterocycles. The molecule has 154 valence electrons. The summed E-state index contributed by atoms with van der Waals surface area (Å²) in [7, 11) is 1.81. The standard InChI is InChI=1S/C22H32N4O.HI/c1-23-22(24-14-13-18-6-3-2-4-7-18)25-16-19-9-11-20(12-10-19)17-26-15-5-8-21(26)27;/h6,9-12H,2-5,7-8,13-17H2,1H3,(H2,23,24,25);1H. The second kappa shape index (κ2) is 12.1. The van der Waals surface area contributed by atoms with Crippen LogP contribution in [0.1, 0.15) is 56.1 Å². The summed E-state index contributed by atoms with van der Waals surface area (Å²) in [5.74, 6) is 1.12. The van der Waals surface area contributed by atoms with Gasteiger partial charge in [-0.1, -0.05) is 35.9 Å². The number of halogens is 1. The van der Waals surface area contributed by atoms with Crippen molar-refractivity contribution < 1.29 is 4.79 Å². The van der Waals surface area contributed by atoms with Crippen LogP contribution < -0.4 is 10.6 Å². The molecule has 0 atom stereocenters. The van der Waals surface area contributed by atoms with Gasteiger partial charge in [0.2, 0.25) is 5.91 Å². The molecule has 28 heavy (non-hydrogen) atoms. The van der Waals surface area contributed by atoms with Crippen LogP contribution in [0.15, 0.2) is 40.9 Å². The number of carbonyl (C=O) groups is 1. The van der Waals surface area contributed by atoms with Crippen LogP contribution in [0.3, 0.4) is 0 Å². The lowest BCUT2D eigenvalue weighted by molar-refractivity contribution is -0.128. The topological polar surface area (TPSA) is 56.7 Å². The van der Waals surface area contributed by atoms with Gasteiger partial charge in [0.25, 0.3) is 0 Å². The molecule has 1 aromatic carbocycles. The zero-order valence-electron chi connectivity index (χ0n) is 16.9. The first-order valence-corrected chi connectivity index (χ1v) is 10.2. The summed E-state index contributed by atoms with van der Waals surface area (Å²) in [6.45, 7) is 3.28. The van der Waals surface area contributed by atoms with Gasteiger partial charge in [-0.15, -0.1) is 24.0 Å². The molecular weight excluding hydrogens is 463 g/mol. The highest BCUT2D eigenvalue weighted by Gasteiger charge is 2.19. The molecule has 0 spiro atoms. The second-order valence-electron chi connectivity index (χ2n) is 7.45. The number of likely N-dealkylation sites (tertiary alicyclic amines) is 1. The zero-order valence-corrected chi connectivity index (χ0v) is 19.2. The van der Waals surface area contributed by atoms with E-state index in [0.29, 0.717) is 6.42 Å².